The van der Waals surface area contributed by atoms with E-state index in [9.17, 15) is 14.0 Å². The highest BCUT2D eigenvalue weighted by atomic mass is 32.1. The monoisotopic (exact) mass is 551 g/mol. The highest BCUT2D eigenvalue weighted by Crippen LogP contribution is 2.23. The molecule has 0 spiro atoms. The van der Waals surface area contributed by atoms with Crippen LogP contribution in [0.5, 0.6) is 0 Å². The number of benzene rings is 2. The third-order valence-corrected chi connectivity index (χ3v) is 8.29. The molecule has 1 aliphatic rings. The maximum atomic E-state index is 13.9. The molecule has 0 saturated carbocycles. The van der Waals surface area contributed by atoms with E-state index in [2.05, 4.69) is 4.90 Å². The zero-order valence-corrected chi connectivity index (χ0v) is 23.7. The molecule has 4 rings (SSSR count). The van der Waals surface area contributed by atoms with Crippen LogP contribution in [0.15, 0.2) is 66.0 Å². The number of aryl methyl sites for hydroxylation is 1. The van der Waals surface area contributed by atoms with Gasteiger partial charge in [-0.2, -0.15) is 0 Å². The fourth-order valence-electron chi connectivity index (χ4n) is 4.86. The van der Waals surface area contributed by atoms with Gasteiger partial charge in [0.2, 0.25) is 11.8 Å². The normalized spacial score (nSPS) is 14.6. The Labute approximate surface area is 235 Å². The van der Waals surface area contributed by atoms with E-state index in [1.807, 2.05) is 55.6 Å². The lowest BCUT2D eigenvalue weighted by Gasteiger charge is -2.33. The standard InChI is InChI=1S/C31H38FN3O3S/c1-3-28(26-7-5-4-6-8-26)31(37)34(15-14-33-16-18-38-19-17-33)23-30(36)35(22-29-24(2)13-20-39-29)21-25-9-11-27(32)12-10-25/h4-13,20,28H,3,14-19,21-23H2,1-2H3. The van der Waals surface area contributed by atoms with E-state index in [4.69, 9.17) is 4.74 Å². The van der Waals surface area contributed by atoms with E-state index >= 15 is 0 Å². The molecule has 0 bridgehead atoms. The SMILES string of the molecule is CCC(C(=O)N(CCN1CCOCC1)CC(=O)N(Cc1ccc(F)cc1)Cc1sccc1C)c1ccccc1. The molecule has 208 valence electrons. The van der Waals surface area contributed by atoms with Gasteiger partial charge in [-0.25, -0.2) is 4.39 Å². The van der Waals surface area contributed by atoms with Gasteiger partial charge in [-0.1, -0.05) is 49.4 Å². The summed E-state index contributed by atoms with van der Waals surface area (Å²) in [4.78, 5) is 34.7. The van der Waals surface area contributed by atoms with Crippen molar-refractivity contribution in [1.82, 2.24) is 14.7 Å². The highest BCUT2D eigenvalue weighted by molar-refractivity contribution is 7.10. The van der Waals surface area contributed by atoms with Crippen LogP contribution in [-0.2, 0) is 27.4 Å². The Kier molecular flexibility index (Phi) is 10.6. The maximum Gasteiger partial charge on any atom is 0.242 e. The van der Waals surface area contributed by atoms with Crippen LogP contribution in [-0.4, -0.2) is 72.5 Å². The summed E-state index contributed by atoms with van der Waals surface area (Å²) in [6, 6.07) is 18.1. The summed E-state index contributed by atoms with van der Waals surface area (Å²) >= 11 is 1.62. The molecule has 1 unspecified atom stereocenters. The first-order valence-electron chi connectivity index (χ1n) is 13.6. The molecule has 0 radical (unpaired) electrons. The fraction of sp³-hybridized carbons (Fsp3) is 0.419. The van der Waals surface area contributed by atoms with Crippen molar-refractivity contribution in [3.05, 3.63) is 93.4 Å². The molecule has 2 amide bonds. The summed E-state index contributed by atoms with van der Waals surface area (Å²) in [6.45, 7) is 9.00. The van der Waals surface area contributed by atoms with Gasteiger partial charge in [-0.05, 0) is 53.6 Å². The van der Waals surface area contributed by atoms with Crippen molar-refractivity contribution in [2.24, 2.45) is 0 Å². The van der Waals surface area contributed by atoms with Gasteiger partial charge in [0.25, 0.3) is 0 Å². The molecule has 0 aliphatic carbocycles. The van der Waals surface area contributed by atoms with Gasteiger partial charge in [0.05, 0.1) is 32.2 Å². The number of nitrogens with zero attached hydrogens (tertiary/aromatic N) is 3. The van der Waals surface area contributed by atoms with Gasteiger partial charge in [-0.3, -0.25) is 14.5 Å². The van der Waals surface area contributed by atoms with Crippen LogP contribution in [0.25, 0.3) is 0 Å². The minimum atomic E-state index is -0.311. The number of hydrogen-bond donors (Lipinski definition) is 0. The second-order valence-corrected chi connectivity index (χ2v) is 11.0. The Morgan fingerprint density at radius 1 is 1.00 bits per heavy atom. The lowest BCUT2D eigenvalue weighted by Crippen LogP contribution is -2.48. The molecule has 2 heterocycles. The van der Waals surface area contributed by atoms with E-state index in [1.165, 1.54) is 12.1 Å². The third-order valence-electron chi connectivity index (χ3n) is 7.28. The topological polar surface area (TPSA) is 53.1 Å². The number of amides is 2. The number of carbonyl (C=O) groups excluding carboxylic acids is 2. The molecule has 39 heavy (non-hydrogen) atoms. The molecule has 0 N–H and O–H groups in total. The Bertz CT molecular complexity index is 1200. The smallest absolute Gasteiger partial charge is 0.242 e. The molecule has 1 aliphatic heterocycles. The number of hydrogen-bond acceptors (Lipinski definition) is 5. The molecule has 1 saturated heterocycles. The Morgan fingerprint density at radius 2 is 1.72 bits per heavy atom. The molecular weight excluding hydrogens is 513 g/mol. The van der Waals surface area contributed by atoms with E-state index in [0.29, 0.717) is 45.8 Å². The van der Waals surface area contributed by atoms with Crippen LogP contribution in [0.4, 0.5) is 4.39 Å². The van der Waals surface area contributed by atoms with Crippen LogP contribution in [0, 0.1) is 12.7 Å². The molecule has 1 atom stereocenters. The third kappa shape index (κ3) is 8.21. The van der Waals surface area contributed by atoms with Gasteiger partial charge >= 0.3 is 0 Å². The van der Waals surface area contributed by atoms with E-state index in [0.717, 1.165) is 34.7 Å². The zero-order valence-electron chi connectivity index (χ0n) is 22.9. The number of rotatable bonds is 12. The van der Waals surface area contributed by atoms with Crippen LogP contribution in [0.2, 0.25) is 0 Å². The zero-order chi connectivity index (χ0) is 27.6. The quantitative estimate of drug-likeness (QED) is 0.315. The van der Waals surface area contributed by atoms with Gasteiger partial charge in [-0.15, -0.1) is 11.3 Å². The first kappa shape index (κ1) is 28.9. The first-order chi connectivity index (χ1) is 18.9. The summed E-state index contributed by atoms with van der Waals surface area (Å²) < 4.78 is 19.0. The molecule has 8 heteroatoms. The van der Waals surface area contributed by atoms with Gasteiger partial charge in [0, 0.05) is 37.6 Å². The van der Waals surface area contributed by atoms with Gasteiger partial charge in [0.1, 0.15) is 5.82 Å². The largest absolute Gasteiger partial charge is 0.379 e. The van der Waals surface area contributed by atoms with Crippen molar-refractivity contribution in [2.75, 3.05) is 45.9 Å². The van der Waals surface area contributed by atoms with Crippen molar-refractivity contribution in [2.45, 2.75) is 39.3 Å². The number of ether oxygens (including phenoxy) is 1. The molecule has 1 fully saturated rings. The predicted octanol–water partition coefficient (Wildman–Crippen LogP) is 5.08. The van der Waals surface area contributed by atoms with Crippen LogP contribution >= 0.6 is 11.3 Å². The summed E-state index contributed by atoms with van der Waals surface area (Å²) in [5.74, 6) is -0.768. The lowest BCUT2D eigenvalue weighted by atomic mass is 9.95. The van der Waals surface area contributed by atoms with E-state index in [-0.39, 0.29) is 30.1 Å². The number of morpholine rings is 1. The average Bonchev–Trinajstić information content (AvgIpc) is 3.37. The predicted molar refractivity (Wildman–Crippen MR) is 153 cm³/mol. The van der Waals surface area contributed by atoms with E-state index in [1.54, 1.807) is 33.3 Å². The Hall–Kier alpha value is -3.07. The van der Waals surface area contributed by atoms with Crippen LogP contribution < -0.4 is 0 Å². The second-order valence-electron chi connectivity index (χ2n) is 9.99. The summed E-state index contributed by atoms with van der Waals surface area (Å²) in [5, 5.41) is 2.02. The minimum absolute atomic E-state index is 0.00186. The Balaban J connectivity index is 1.55. The summed E-state index contributed by atoms with van der Waals surface area (Å²) in [6.07, 6.45) is 0.652. The Morgan fingerprint density at radius 3 is 2.36 bits per heavy atom. The molecular formula is C31H38FN3O3S. The van der Waals surface area contributed by atoms with E-state index < -0.39 is 0 Å². The van der Waals surface area contributed by atoms with Crippen molar-refractivity contribution in [3.8, 4) is 0 Å². The second kappa shape index (κ2) is 14.4. The van der Waals surface area contributed by atoms with Crippen molar-refractivity contribution in [3.63, 3.8) is 0 Å². The van der Waals surface area contributed by atoms with Gasteiger partial charge in [0.15, 0.2) is 0 Å². The van der Waals surface area contributed by atoms with Gasteiger partial charge < -0.3 is 14.5 Å². The minimum Gasteiger partial charge on any atom is -0.379 e. The van der Waals surface area contributed by atoms with Crippen molar-refractivity contribution < 1.29 is 18.7 Å². The summed E-state index contributed by atoms with van der Waals surface area (Å²) in [7, 11) is 0. The van der Waals surface area contributed by atoms with Crippen LogP contribution in [0.1, 0.15) is 40.8 Å². The first-order valence-corrected chi connectivity index (χ1v) is 14.5. The molecule has 2 aromatic carbocycles. The number of thiophene rings is 1. The average molecular weight is 552 g/mol. The van der Waals surface area contributed by atoms with Crippen molar-refractivity contribution in [1.29, 1.82) is 0 Å². The fourth-order valence-corrected chi connectivity index (χ4v) is 5.78. The molecule has 3 aromatic rings. The van der Waals surface area contributed by atoms with Crippen molar-refractivity contribution >= 4 is 23.2 Å². The van der Waals surface area contributed by atoms with Crippen LogP contribution in [0.3, 0.4) is 0 Å². The number of carbonyl (C=O) groups is 2. The lowest BCUT2D eigenvalue weighted by molar-refractivity contribution is -0.142. The maximum absolute atomic E-state index is 13.9. The molecule has 6 nitrogen and oxygen atoms in total. The molecule has 1 aromatic heterocycles. The highest BCUT2D eigenvalue weighted by Gasteiger charge is 2.28. The summed E-state index contributed by atoms with van der Waals surface area (Å²) in [5.41, 5.74) is 2.94. The number of halogens is 1.